The second-order valence-corrected chi connectivity index (χ2v) is 10.0. The summed E-state index contributed by atoms with van der Waals surface area (Å²) >= 11 is 0. The van der Waals surface area contributed by atoms with Crippen LogP contribution in [0.15, 0.2) is 0 Å². The van der Waals surface area contributed by atoms with Gasteiger partial charge >= 0.3 is 0 Å². The van der Waals surface area contributed by atoms with Gasteiger partial charge in [-0.3, -0.25) is 9.59 Å². The number of ether oxygens (including phenoxy) is 2. The van der Waals surface area contributed by atoms with Crippen LogP contribution in [0.2, 0.25) is 0 Å². The van der Waals surface area contributed by atoms with Gasteiger partial charge in [-0.1, -0.05) is 20.8 Å². The third kappa shape index (κ3) is 2.66. The van der Waals surface area contributed by atoms with Crippen LogP contribution in [0.25, 0.3) is 0 Å². The number of aliphatic hydroxyl groups excluding tert-OH is 4. The quantitative estimate of drug-likeness (QED) is 0.499. The molecule has 1 aliphatic heterocycles. The van der Waals surface area contributed by atoms with E-state index < -0.39 is 48.1 Å². The van der Waals surface area contributed by atoms with E-state index >= 15 is 0 Å². The van der Waals surface area contributed by atoms with Gasteiger partial charge in [0.25, 0.3) is 0 Å². The number of hydrogen-bond acceptors (Lipinski definition) is 8. The average Bonchev–Trinajstić information content (AvgIpc) is 2.94. The first-order chi connectivity index (χ1) is 13.5. The van der Waals surface area contributed by atoms with Crippen molar-refractivity contribution in [2.24, 2.45) is 28.1 Å². The van der Waals surface area contributed by atoms with Crippen LogP contribution in [0.1, 0.15) is 46.5 Å². The minimum Gasteiger partial charge on any atom is -0.394 e. The van der Waals surface area contributed by atoms with Crippen LogP contribution in [0.3, 0.4) is 0 Å². The van der Waals surface area contributed by atoms with Crippen molar-refractivity contribution in [1.29, 1.82) is 0 Å². The molecule has 4 saturated carbocycles. The molecule has 0 radical (unpaired) electrons. The first-order valence-electron chi connectivity index (χ1n) is 10.5. The third-order valence-electron chi connectivity index (χ3n) is 9.07. The van der Waals surface area contributed by atoms with Crippen molar-refractivity contribution in [3.05, 3.63) is 0 Å². The molecule has 8 nitrogen and oxygen atoms in total. The Balaban J connectivity index is 1.60. The molecule has 0 aromatic heterocycles. The molecule has 2 bridgehead atoms. The number of fused-ring (bicyclic) bond motifs is 2. The lowest BCUT2D eigenvalue weighted by Gasteiger charge is -2.64. The second kappa shape index (κ2) is 6.80. The van der Waals surface area contributed by atoms with E-state index in [4.69, 9.17) is 9.47 Å². The molecule has 164 valence electrons. The van der Waals surface area contributed by atoms with Crippen molar-refractivity contribution in [2.75, 3.05) is 13.2 Å². The number of Topliss-reactive ketones (excluding diaryl/α,β-unsaturated/α-hetero) is 2. The van der Waals surface area contributed by atoms with E-state index in [1.165, 1.54) is 0 Å². The van der Waals surface area contributed by atoms with Gasteiger partial charge in [-0.15, -0.1) is 0 Å². The Morgan fingerprint density at radius 1 is 1.10 bits per heavy atom. The van der Waals surface area contributed by atoms with Gasteiger partial charge in [0.05, 0.1) is 13.2 Å². The smallest absolute Gasteiger partial charge is 0.186 e. The Morgan fingerprint density at radius 3 is 2.41 bits per heavy atom. The van der Waals surface area contributed by atoms with Crippen LogP contribution in [-0.4, -0.2) is 75.9 Å². The average molecular weight is 412 g/mol. The van der Waals surface area contributed by atoms with E-state index in [1.807, 2.05) is 20.8 Å². The van der Waals surface area contributed by atoms with E-state index in [-0.39, 0.29) is 35.4 Å². The van der Waals surface area contributed by atoms with E-state index in [9.17, 15) is 30.0 Å². The first-order valence-corrected chi connectivity index (χ1v) is 10.5. The molecule has 0 amide bonds. The highest BCUT2D eigenvalue weighted by molar-refractivity contribution is 5.93. The molecule has 4 N–H and O–H groups in total. The highest BCUT2D eigenvalue weighted by Crippen LogP contribution is 2.72. The van der Waals surface area contributed by atoms with Gasteiger partial charge in [0.15, 0.2) is 6.29 Å². The summed E-state index contributed by atoms with van der Waals surface area (Å²) in [7, 11) is 0. The van der Waals surface area contributed by atoms with Crippen molar-refractivity contribution >= 4 is 11.6 Å². The molecule has 5 aliphatic rings. The van der Waals surface area contributed by atoms with Crippen molar-refractivity contribution in [3.8, 4) is 0 Å². The summed E-state index contributed by atoms with van der Waals surface area (Å²) in [6.45, 7) is 5.41. The van der Waals surface area contributed by atoms with Crippen molar-refractivity contribution in [3.63, 3.8) is 0 Å². The maximum atomic E-state index is 13.1. The van der Waals surface area contributed by atoms with E-state index in [0.29, 0.717) is 19.3 Å². The Kier molecular flexibility index (Phi) is 5.00. The molecule has 8 heteroatoms. The first kappa shape index (κ1) is 21.3. The lowest BCUT2D eigenvalue weighted by atomic mass is 9.38. The summed E-state index contributed by atoms with van der Waals surface area (Å²) in [5, 5.41) is 39.6. The molecule has 10 unspecified atom stereocenters. The number of aliphatic hydroxyl groups is 4. The molecule has 4 aliphatic carbocycles. The molecule has 1 heterocycles. The SMILES string of the molecule is CC1C(=O)CC2C13CCC(C)(C(=O)C3)C2(C)COC1OC(CO)C(O)C(O)C1O. The normalized spacial score (nSPS) is 54.7. The molecule has 1 spiro atoms. The lowest BCUT2D eigenvalue weighted by molar-refractivity contribution is -0.314. The third-order valence-corrected chi connectivity index (χ3v) is 9.07. The van der Waals surface area contributed by atoms with Gasteiger partial charge in [0, 0.05) is 29.6 Å². The molecule has 10 atom stereocenters. The highest BCUT2D eigenvalue weighted by Gasteiger charge is 2.72. The molecule has 1 saturated heterocycles. The Labute approximate surface area is 170 Å². The van der Waals surface area contributed by atoms with Gasteiger partial charge in [-0.25, -0.2) is 0 Å². The van der Waals surface area contributed by atoms with E-state index in [2.05, 4.69) is 0 Å². The standard InChI is InChI=1S/C21H32O8/c1-10-11(23)6-13-20(3,19(2)4-5-21(10,13)7-14(19)24)9-28-18-17(27)16(26)15(25)12(8-22)29-18/h10,12-13,15-18,22,25-27H,4-9H2,1-3H3. The number of carbonyl (C=O) groups excluding carboxylic acids is 2. The maximum absolute atomic E-state index is 13.1. The topological polar surface area (TPSA) is 134 Å². The van der Waals surface area contributed by atoms with Crippen LogP contribution in [0, 0.1) is 28.1 Å². The summed E-state index contributed by atoms with van der Waals surface area (Å²) in [5.41, 5.74) is -1.60. The molecule has 5 fully saturated rings. The fourth-order valence-electron chi connectivity index (χ4n) is 6.64. The minimum atomic E-state index is -1.52. The van der Waals surface area contributed by atoms with E-state index in [0.717, 1.165) is 6.42 Å². The Hall–Kier alpha value is -0.900. The van der Waals surface area contributed by atoms with Crippen LogP contribution in [0.5, 0.6) is 0 Å². The summed E-state index contributed by atoms with van der Waals surface area (Å²) < 4.78 is 11.4. The zero-order chi connectivity index (χ0) is 21.4. The highest BCUT2D eigenvalue weighted by atomic mass is 16.7. The van der Waals surface area contributed by atoms with Crippen molar-refractivity contribution in [1.82, 2.24) is 0 Å². The minimum absolute atomic E-state index is 0.00108. The van der Waals surface area contributed by atoms with Crippen LogP contribution in [-0.2, 0) is 19.1 Å². The zero-order valence-electron chi connectivity index (χ0n) is 17.2. The number of rotatable bonds is 4. The molecular weight excluding hydrogens is 380 g/mol. The monoisotopic (exact) mass is 412 g/mol. The number of hydrogen-bond donors (Lipinski definition) is 4. The zero-order valence-corrected chi connectivity index (χ0v) is 17.2. The molecular formula is C21H32O8. The summed E-state index contributed by atoms with van der Waals surface area (Å²) in [6.07, 6.45) is -4.37. The fraction of sp³-hybridized carbons (Fsp3) is 0.905. The van der Waals surface area contributed by atoms with Gasteiger partial charge in [-0.2, -0.15) is 0 Å². The lowest BCUT2D eigenvalue weighted by Crippen LogP contribution is -2.66. The number of carbonyl (C=O) groups is 2. The summed E-state index contributed by atoms with van der Waals surface area (Å²) in [5.74, 6) is 0.182. The Morgan fingerprint density at radius 2 is 1.79 bits per heavy atom. The van der Waals surface area contributed by atoms with Gasteiger partial charge in [0.2, 0.25) is 0 Å². The van der Waals surface area contributed by atoms with Crippen molar-refractivity contribution < 1.29 is 39.5 Å². The van der Waals surface area contributed by atoms with Gasteiger partial charge < -0.3 is 29.9 Å². The second-order valence-electron chi connectivity index (χ2n) is 10.0. The maximum Gasteiger partial charge on any atom is 0.186 e. The predicted octanol–water partition coefficient (Wildman–Crippen LogP) is -0.206. The molecule has 0 aromatic rings. The predicted molar refractivity (Wildman–Crippen MR) is 99.5 cm³/mol. The van der Waals surface area contributed by atoms with E-state index in [1.54, 1.807) is 0 Å². The molecule has 29 heavy (non-hydrogen) atoms. The van der Waals surface area contributed by atoms with Gasteiger partial charge in [-0.05, 0) is 24.2 Å². The van der Waals surface area contributed by atoms with Crippen LogP contribution in [0.4, 0.5) is 0 Å². The van der Waals surface area contributed by atoms with Gasteiger partial charge in [0.1, 0.15) is 36.0 Å². The summed E-state index contributed by atoms with van der Waals surface area (Å²) in [4.78, 5) is 25.8. The number of ketones is 2. The van der Waals surface area contributed by atoms with Crippen LogP contribution < -0.4 is 0 Å². The van der Waals surface area contributed by atoms with Crippen LogP contribution >= 0.6 is 0 Å². The molecule has 0 aromatic carbocycles. The van der Waals surface area contributed by atoms with Crippen molar-refractivity contribution in [2.45, 2.75) is 77.2 Å². The Bertz CT molecular complexity index is 709. The fourth-order valence-corrected chi connectivity index (χ4v) is 6.64. The largest absolute Gasteiger partial charge is 0.394 e. The molecule has 5 rings (SSSR count). The summed E-state index contributed by atoms with van der Waals surface area (Å²) in [6, 6.07) is 0.